The number of benzene rings is 2. The number of likely N-dealkylation sites (N-methyl/N-ethyl adjacent to an activating group) is 1. The Bertz CT molecular complexity index is 1270. The molecule has 3 aromatic rings. The molecule has 5 nitrogen and oxygen atoms in total. The molecular weight excluding hydrogens is 396 g/mol. The lowest BCUT2D eigenvalue weighted by Gasteiger charge is -2.45. The van der Waals surface area contributed by atoms with Gasteiger partial charge in [0.25, 0.3) is 0 Å². The van der Waals surface area contributed by atoms with E-state index in [9.17, 15) is 10.1 Å². The van der Waals surface area contributed by atoms with E-state index in [-0.39, 0.29) is 11.2 Å². The lowest BCUT2D eigenvalue weighted by atomic mass is 9.71. The number of rotatable bonds is 2. The molecule has 0 unspecified atom stereocenters. The number of carbonyl (C=O) groups excluding carboxylic acids is 1. The maximum Gasteiger partial charge on any atom is 0.195 e. The van der Waals surface area contributed by atoms with Crippen LogP contribution in [0.1, 0.15) is 67.4 Å². The maximum atomic E-state index is 13.6. The van der Waals surface area contributed by atoms with Crippen molar-refractivity contribution >= 4 is 22.4 Å². The molecule has 2 heterocycles. The number of carbonyl (C=O) groups is 1. The summed E-state index contributed by atoms with van der Waals surface area (Å²) < 4.78 is 0. The van der Waals surface area contributed by atoms with Crippen LogP contribution in [0.2, 0.25) is 0 Å². The van der Waals surface area contributed by atoms with Gasteiger partial charge in [0, 0.05) is 58.4 Å². The Morgan fingerprint density at radius 3 is 2.50 bits per heavy atom. The van der Waals surface area contributed by atoms with Gasteiger partial charge in [0.05, 0.1) is 17.2 Å². The average molecular weight is 427 g/mol. The number of piperazine rings is 1. The summed E-state index contributed by atoms with van der Waals surface area (Å²) in [6, 6.07) is 15.0. The topological polar surface area (TPSA) is 63.1 Å². The highest BCUT2D eigenvalue weighted by Crippen LogP contribution is 2.45. The molecule has 2 aromatic carbocycles. The number of anilines is 1. The van der Waals surface area contributed by atoms with Crippen LogP contribution >= 0.6 is 0 Å². The van der Waals surface area contributed by atoms with E-state index >= 15 is 0 Å². The van der Waals surface area contributed by atoms with Gasteiger partial charge in [0.2, 0.25) is 0 Å². The number of aromatic nitrogens is 1. The Morgan fingerprint density at radius 2 is 1.84 bits per heavy atom. The lowest BCUT2D eigenvalue weighted by molar-refractivity contribution is 0.103. The van der Waals surface area contributed by atoms with Gasteiger partial charge in [-0.1, -0.05) is 26.8 Å². The summed E-state index contributed by atoms with van der Waals surface area (Å²) in [5, 5.41) is 10.2. The van der Waals surface area contributed by atoms with E-state index in [0.29, 0.717) is 17.6 Å². The van der Waals surface area contributed by atoms with Crippen molar-refractivity contribution in [2.45, 2.75) is 52.1 Å². The molecule has 1 saturated heterocycles. The van der Waals surface area contributed by atoms with Crippen molar-refractivity contribution < 1.29 is 4.79 Å². The Balaban J connectivity index is 1.60. The zero-order valence-electron chi connectivity index (χ0n) is 19.5. The van der Waals surface area contributed by atoms with Gasteiger partial charge < -0.3 is 9.88 Å². The van der Waals surface area contributed by atoms with E-state index in [1.165, 1.54) is 5.69 Å². The van der Waals surface area contributed by atoms with Crippen molar-refractivity contribution in [1.82, 2.24) is 9.88 Å². The van der Waals surface area contributed by atoms with Crippen LogP contribution in [0.15, 0.2) is 36.4 Å². The minimum Gasteiger partial charge on any atom is -0.368 e. The van der Waals surface area contributed by atoms with E-state index in [1.54, 1.807) is 6.07 Å². The van der Waals surface area contributed by atoms with Gasteiger partial charge in [-0.05, 0) is 56.3 Å². The van der Waals surface area contributed by atoms with E-state index in [1.807, 2.05) is 18.2 Å². The Morgan fingerprint density at radius 1 is 1.12 bits per heavy atom. The number of fused-ring (bicyclic) bond motifs is 4. The SMILES string of the molecule is CCN1[C@H](C)CN(c2ccc3c(c2)C(C)(C)c2[nH]c4cc(C#N)ccc4c2C3=O)C[C@@H]1C. The molecule has 5 heteroatoms. The zero-order valence-corrected chi connectivity index (χ0v) is 19.5. The summed E-state index contributed by atoms with van der Waals surface area (Å²) >= 11 is 0. The average Bonchev–Trinajstić information content (AvgIpc) is 3.17. The van der Waals surface area contributed by atoms with E-state index in [4.69, 9.17) is 0 Å². The number of hydrogen-bond donors (Lipinski definition) is 1. The van der Waals surface area contributed by atoms with Crippen molar-refractivity contribution in [2.24, 2.45) is 0 Å². The summed E-state index contributed by atoms with van der Waals surface area (Å²) in [5.74, 6) is 0.0642. The van der Waals surface area contributed by atoms with E-state index in [2.05, 4.69) is 67.6 Å². The number of nitrogens with zero attached hydrogens (tertiary/aromatic N) is 3. The van der Waals surface area contributed by atoms with Gasteiger partial charge >= 0.3 is 0 Å². The number of aromatic amines is 1. The molecule has 1 fully saturated rings. The number of ketones is 1. The molecule has 1 aliphatic heterocycles. The normalized spacial score (nSPS) is 22.5. The third-order valence-corrected chi connectivity index (χ3v) is 7.53. The molecular formula is C27H30N4O. The van der Waals surface area contributed by atoms with Crippen molar-refractivity contribution in [3.05, 3.63) is 64.3 Å². The van der Waals surface area contributed by atoms with Crippen molar-refractivity contribution in [3.8, 4) is 6.07 Å². The minimum atomic E-state index is -0.344. The van der Waals surface area contributed by atoms with Gasteiger partial charge in [-0.15, -0.1) is 0 Å². The maximum absolute atomic E-state index is 13.6. The van der Waals surface area contributed by atoms with Crippen LogP contribution in [0.25, 0.3) is 10.9 Å². The fraction of sp³-hybridized carbons (Fsp3) is 0.407. The molecule has 1 aromatic heterocycles. The zero-order chi connectivity index (χ0) is 22.8. The molecule has 0 bridgehead atoms. The van der Waals surface area contributed by atoms with Crippen molar-refractivity contribution in [1.29, 1.82) is 5.26 Å². The van der Waals surface area contributed by atoms with Gasteiger partial charge in [0.1, 0.15) is 0 Å². The van der Waals surface area contributed by atoms with Gasteiger partial charge in [-0.3, -0.25) is 9.69 Å². The molecule has 5 rings (SSSR count). The highest BCUT2D eigenvalue weighted by molar-refractivity contribution is 6.20. The second kappa shape index (κ2) is 7.21. The molecule has 0 spiro atoms. The number of hydrogen-bond acceptors (Lipinski definition) is 4. The first-order valence-electron chi connectivity index (χ1n) is 11.5. The predicted molar refractivity (Wildman–Crippen MR) is 129 cm³/mol. The molecule has 2 atom stereocenters. The molecule has 2 aliphatic rings. The molecule has 32 heavy (non-hydrogen) atoms. The quantitative estimate of drug-likeness (QED) is 0.638. The number of H-pyrrole nitrogens is 1. The predicted octanol–water partition coefficient (Wildman–Crippen LogP) is 4.83. The molecule has 0 amide bonds. The largest absolute Gasteiger partial charge is 0.368 e. The highest BCUT2D eigenvalue weighted by Gasteiger charge is 2.40. The van der Waals surface area contributed by atoms with Crippen LogP contribution in [0.5, 0.6) is 0 Å². The van der Waals surface area contributed by atoms with Gasteiger partial charge in [0.15, 0.2) is 5.78 Å². The van der Waals surface area contributed by atoms with Crippen molar-refractivity contribution in [3.63, 3.8) is 0 Å². The summed E-state index contributed by atoms with van der Waals surface area (Å²) in [6.45, 7) is 14.2. The summed E-state index contributed by atoms with van der Waals surface area (Å²) in [4.78, 5) is 22.1. The third-order valence-electron chi connectivity index (χ3n) is 7.53. The standard InChI is InChI=1S/C27H30N4O/c1-6-31-16(2)14-30(15-17(31)3)19-8-10-20-22(12-19)27(4,5)26-24(25(20)32)21-9-7-18(13-28)11-23(21)29-26/h7-12,16-17,29H,6,14-15H2,1-5H3/t16-,17+. The molecule has 1 aliphatic carbocycles. The molecule has 0 saturated carbocycles. The summed E-state index contributed by atoms with van der Waals surface area (Å²) in [6.07, 6.45) is 0. The van der Waals surface area contributed by atoms with Crippen molar-refractivity contribution in [2.75, 3.05) is 24.5 Å². The fourth-order valence-corrected chi connectivity index (χ4v) is 5.88. The number of nitriles is 1. The van der Waals surface area contributed by atoms with E-state index in [0.717, 1.165) is 52.9 Å². The monoisotopic (exact) mass is 426 g/mol. The Kier molecular flexibility index (Phi) is 4.69. The van der Waals surface area contributed by atoms with Crippen LogP contribution in [0, 0.1) is 11.3 Å². The van der Waals surface area contributed by atoms with Crippen LogP contribution in [-0.2, 0) is 5.41 Å². The van der Waals surface area contributed by atoms with Crippen LogP contribution < -0.4 is 4.90 Å². The lowest BCUT2D eigenvalue weighted by Crippen LogP contribution is -2.56. The number of nitrogens with one attached hydrogen (secondary N) is 1. The molecule has 164 valence electrons. The van der Waals surface area contributed by atoms with Gasteiger partial charge in [-0.25, -0.2) is 0 Å². The Labute approximate surface area is 189 Å². The van der Waals surface area contributed by atoms with Gasteiger partial charge in [-0.2, -0.15) is 5.26 Å². The van der Waals surface area contributed by atoms with Crippen LogP contribution in [-0.4, -0.2) is 47.4 Å². The molecule has 0 radical (unpaired) electrons. The third kappa shape index (κ3) is 2.90. The van der Waals surface area contributed by atoms with Crippen LogP contribution in [0.3, 0.4) is 0 Å². The summed E-state index contributed by atoms with van der Waals surface area (Å²) in [5.41, 5.74) is 5.82. The first kappa shape index (κ1) is 20.8. The molecule has 1 N–H and O–H groups in total. The Hall–Kier alpha value is -3.10. The fourth-order valence-electron chi connectivity index (χ4n) is 5.88. The minimum absolute atomic E-state index is 0.0642. The second-order valence-corrected chi connectivity index (χ2v) is 9.86. The second-order valence-electron chi connectivity index (χ2n) is 9.86. The smallest absolute Gasteiger partial charge is 0.195 e. The summed E-state index contributed by atoms with van der Waals surface area (Å²) in [7, 11) is 0. The van der Waals surface area contributed by atoms with Crippen LogP contribution in [0.4, 0.5) is 5.69 Å². The van der Waals surface area contributed by atoms with E-state index < -0.39 is 0 Å². The first-order valence-corrected chi connectivity index (χ1v) is 11.5. The highest BCUT2D eigenvalue weighted by atomic mass is 16.1. The first-order chi connectivity index (χ1) is 15.3.